The second-order valence-electron chi connectivity index (χ2n) is 6.02. The van der Waals surface area contributed by atoms with Gasteiger partial charge in [0.05, 0.1) is 23.6 Å². The number of nitrogens with zero attached hydrogens (tertiary/aromatic N) is 4. The third-order valence-corrected chi connectivity index (χ3v) is 3.98. The molecule has 7 heteroatoms. The Morgan fingerprint density at radius 2 is 2.00 bits per heavy atom. The number of para-hydroxylation sites is 1. The van der Waals surface area contributed by atoms with Crippen molar-refractivity contribution in [3.05, 3.63) is 65.7 Å². The molecule has 3 rings (SSSR count). The summed E-state index contributed by atoms with van der Waals surface area (Å²) in [5.41, 5.74) is 3.84. The first kappa shape index (κ1) is 16.8. The Bertz CT molecular complexity index is 852. The Morgan fingerprint density at radius 1 is 1.24 bits per heavy atom. The predicted molar refractivity (Wildman–Crippen MR) is 95.3 cm³/mol. The number of nitrogens with one attached hydrogen (secondary N) is 2. The molecule has 0 unspecified atom stereocenters. The number of amides is 2. The van der Waals surface area contributed by atoms with Gasteiger partial charge in [0.2, 0.25) is 0 Å². The maximum absolute atomic E-state index is 12.1. The average molecular weight is 338 g/mol. The van der Waals surface area contributed by atoms with Crippen molar-refractivity contribution in [1.29, 1.82) is 0 Å². The summed E-state index contributed by atoms with van der Waals surface area (Å²) in [5.74, 6) is 0. The Kier molecular flexibility index (Phi) is 4.83. The molecule has 2 amide bonds. The van der Waals surface area contributed by atoms with Crippen LogP contribution in [0.15, 0.2) is 48.9 Å². The molecule has 0 fully saturated rings. The molecule has 2 heterocycles. The summed E-state index contributed by atoms with van der Waals surface area (Å²) >= 11 is 0. The molecule has 2 N–H and O–H groups in total. The number of rotatable bonds is 5. The fraction of sp³-hybridized carbons (Fsp3) is 0.278. The molecular weight excluding hydrogens is 316 g/mol. The summed E-state index contributed by atoms with van der Waals surface area (Å²) in [5, 5.41) is 14.4. The standard InChI is InChI=1S/C18H22N6O/c1-13(17-12-23(3)22-14(17)2)21-18(25)19-9-15-10-20-24(11-15)16-7-5-4-6-8-16/h4-8,10-13H,9H2,1-3H3,(H2,19,21,25)/t13-/m1/s1. The minimum absolute atomic E-state index is 0.110. The van der Waals surface area contributed by atoms with Gasteiger partial charge in [-0.1, -0.05) is 18.2 Å². The van der Waals surface area contributed by atoms with Gasteiger partial charge in [0.25, 0.3) is 0 Å². The Hall–Kier alpha value is -3.09. The van der Waals surface area contributed by atoms with Gasteiger partial charge in [0.15, 0.2) is 0 Å². The summed E-state index contributed by atoms with van der Waals surface area (Å²) in [6, 6.07) is 9.52. The Balaban J connectivity index is 1.54. The first-order valence-corrected chi connectivity index (χ1v) is 8.16. The van der Waals surface area contributed by atoms with Crippen molar-refractivity contribution in [2.24, 2.45) is 7.05 Å². The van der Waals surface area contributed by atoms with Gasteiger partial charge in [0.1, 0.15) is 0 Å². The molecule has 1 aromatic carbocycles. The van der Waals surface area contributed by atoms with Crippen molar-refractivity contribution in [3.63, 3.8) is 0 Å². The quantitative estimate of drug-likeness (QED) is 0.750. The molecule has 130 valence electrons. The molecule has 0 spiro atoms. The monoisotopic (exact) mass is 338 g/mol. The van der Waals surface area contributed by atoms with Gasteiger partial charge in [-0.25, -0.2) is 9.48 Å². The van der Waals surface area contributed by atoms with E-state index in [2.05, 4.69) is 20.8 Å². The SMILES string of the molecule is Cc1nn(C)cc1[C@@H](C)NC(=O)NCc1cnn(-c2ccccc2)c1. The number of carbonyl (C=O) groups excluding carboxylic acids is 1. The van der Waals surface area contributed by atoms with Crippen LogP contribution in [0.3, 0.4) is 0 Å². The topological polar surface area (TPSA) is 76.8 Å². The van der Waals surface area contributed by atoms with Gasteiger partial charge in [0, 0.05) is 37.1 Å². The van der Waals surface area contributed by atoms with Crippen LogP contribution in [-0.4, -0.2) is 25.6 Å². The maximum Gasteiger partial charge on any atom is 0.315 e. The highest BCUT2D eigenvalue weighted by Crippen LogP contribution is 2.15. The highest BCUT2D eigenvalue weighted by molar-refractivity contribution is 5.74. The van der Waals surface area contributed by atoms with Crippen molar-refractivity contribution in [1.82, 2.24) is 30.2 Å². The summed E-state index contributed by atoms with van der Waals surface area (Å²) in [6.07, 6.45) is 5.58. The van der Waals surface area contributed by atoms with Crippen LogP contribution < -0.4 is 10.6 Å². The minimum Gasteiger partial charge on any atom is -0.334 e. The lowest BCUT2D eigenvalue weighted by Gasteiger charge is -2.13. The largest absolute Gasteiger partial charge is 0.334 e. The molecule has 3 aromatic rings. The summed E-state index contributed by atoms with van der Waals surface area (Å²) < 4.78 is 3.54. The molecule has 0 saturated heterocycles. The van der Waals surface area contributed by atoms with Crippen molar-refractivity contribution >= 4 is 6.03 Å². The second-order valence-corrected chi connectivity index (χ2v) is 6.02. The first-order chi connectivity index (χ1) is 12.0. The van der Waals surface area contributed by atoms with E-state index in [-0.39, 0.29) is 12.1 Å². The fourth-order valence-electron chi connectivity index (χ4n) is 2.72. The zero-order chi connectivity index (χ0) is 17.8. The lowest BCUT2D eigenvalue weighted by molar-refractivity contribution is 0.237. The van der Waals surface area contributed by atoms with Gasteiger partial charge < -0.3 is 10.6 Å². The molecule has 0 bridgehead atoms. The van der Waals surface area contributed by atoms with Gasteiger partial charge >= 0.3 is 6.03 Å². The normalized spacial score (nSPS) is 12.0. The van der Waals surface area contributed by atoms with Crippen molar-refractivity contribution in [2.75, 3.05) is 0 Å². The second kappa shape index (κ2) is 7.21. The molecule has 0 saturated carbocycles. The molecule has 7 nitrogen and oxygen atoms in total. The van der Waals surface area contributed by atoms with Gasteiger partial charge in [-0.15, -0.1) is 0 Å². The van der Waals surface area contributed by atoms with Crippen LogP contribution in [-0.2, 0) is 13.6 Å². The zero-order valence-electron chi connectivity index (χ0n) is 14.6. The van der Waals surface area contributed by atoms with E-state index in [1.54, 1.807) is 15.6 Å². The first-order valence-electron chi connectivity index (χ1n) is 8.16. The van der Waals surface area contributed by atoms with Gasteiger partial charge in [-0.05, 0) is 26.0 Å². The van der Waals surface area contributed by atoms with E-state index >= 15 is 0 Å². The summed E-state index contributed by atoms with van der Waals surface area (Å²) in [6.45, 7) is 4.29. The Labute approximate surface area is 146 Å². The lowest BCUT2D eigenvalue weighted by Crippen LogP contribution is -2.36. The Morgan fingerprint density at radius 3 is 2.68 bits per heavy atom. The van der Waals surface area contributed by atoms with E-state index in [1.807, 2.05) is 63.6 Å². The molecule has 0 aliphatic carbocycles. The predicted octanol–water partition coefficient (Wildman–Crippen LogP) is 2.47. The van der Waals surface area contributed by atoms with Crippen molar-refractivity contribution in [3.8, 4) is 5.69 Å². The van der Waals surface area contributed by atoms with E-state index in [0.717, 1.165) is 22.5 Å². The lowest BCUT2D eigenvalue weighted by atomic mass is 10.1. The van der Waals surface area contributed by atoms with E-state index < -0.39 is 0 Å². The molecular formula is C18H22N6O. The molecule has 0 aliphatic heterocycles. The molecule has 1 atom stereocenters. The van der Waals surface area contributed by atoms with Crippen molar-refractivity contribution < 1.29 is 4.79 Å². The van der Waals surface area contributed by atoms with Crippen LogP contribution in [0.25, 0.3) is 5.69 Å². The van der Waals surface area contributed by atoms with Crippen LogP contribution in [0.2, 0.25) is 0 Å². The fourth-order valence-corrected chi connectivity index (χ4v) is 2.72. The molecule has 0 radical (unpaired) electrons. The van der Waals surface area contributed by atoms with E-state index in [1.165, 1.54) is 0 Å². The number of urea groups is 1. The van der Waals surface area contributed by atoms with Gasteiger partial charge in [-0.3, -0.25) is 4.68 Å². The number of aromatic nitrogens is 4. The zero-order valence-corrected chi connectivity index (χ0v) is 14.6. The highest BCUT2D eigenvalue weighted by Gasteiger charge is 2.14. The number of carbonyl (C=O) groups is 1. The van der Waals surface area contributed by atoms with Crippen LogP contribution in [0, 0.1) is 6.92 Å². The minimum atomic E-state index is -0.219. The van der Waals surface area contributed by atoms with Gasteiger partial charge in [-0.2, -0.15) is 10.2 Å². The maximum atomic E-state index is 12.1. The molecule has 2 aromatic heterocycles. The third kappa shape index (κ3) is 4.06. The van der Waals surface area contributed by atoms with E-state index in [4.69, 9.17) is 0 Å². The number of aryl methyl sites for hydroxylation is 2. The number of hydrogen-bond donors (Lipinski definition) is 2. The molecule has 0 aliphatic rings. The average Bonchev–Trinajstić information content (AvgIpc) is 3.20. The number of hydrogen-bond acceptors (Lipinski definition) is 3. The molecule has 25 heavy (non-hydrogen) atoms. The van der Waals surface area contributed by atoms with Crippen LogP contribution in [0.5, 0.6) is 0 Å². The number of benzene rings is 1. The van der Waals surface area contributed by atoms with Crippen LogP contribution >= 0.6 is 0 Å². The van der Waals surface area contributed by atoms with E-state index in [9.17, 15) is 4.79 Å². The summed E-state index contributed by atoms with van der Waals surface area (Å²) in [7, 11) is 1.87. The van der Waals surface area contributed by atoms with E-state index in [0.29, 0.717) is 6.54 Å². The highest BCUT2D eigenvalue weighted by atomic mass is 16.2. The van der Waals surface area contributed by atoms with Crippen LogP contribution in [0.4, 0.5) is 4.79 Å². The smallest absolute Gasteiger partial charge is 0.315 e. The van der Waals surface area contributed by atoms with Crippen molar-refractivity contribution in [2.45, 2.75) is 26.4 Å². The third-order valence-electron chi connectivity index (χ3n) is 3.98. The van der Waals surface area contributed by atoms with Crippen LogP contribution in [0.1, 0.15) is 29.8 Å². The summed E-state index contributed by atoms with van der Waals surface area (Å²) in [4.78, 5) is 12.1.